The fourth-order valence-corrected chi connectivity index (χ4v) is 5.95. The van der Waals surface area contributed by atoms with E-state index in [1.54, 1.807) is 42.6 Å². The molecule has 4 aromatic rings. The molecule has 9 nitrogen and oxygen atoms in total. The van der Waals surface area contributed by atoms with Crippen LogP contribution in [0.15, 0.2) is 66.0 Å². The highest BCUT2D eigenvalue weighted by Crippen LogP contribution is 2.25. The van der Waals surface area contributed by atoms with Crippen molar-refractivity contribution in [3.8, 4) is 0 Å². The number of sulfonamides is 1. The number of rotatable bonds is 6. The second-order valence-electron chi connectivity index (χ2n) is 8.23. The topological polar surface area (TPSA) is 100 Å². The lowest BCUT2D eigenvalue weighted by molar-refractivity contribution is -0.134. The van der Waals surface area contributed by atoms with Gasteiger partial charge in [0.05, 0.1) is 10.4 Å². The number of hydrogen-bond acceptors (Lipinski definition) is 7. The Morgan fingerprint density at radius 3 is 2.54 bits per heavy atom. The van der Waals surface area contributed by atoms with E-state index in [9.17, 15) is 17.6 Å². The maximum absolute atomic E-state index is 14.0. The van der Waals surface area contributed by atoms with Crippen LogP contribution in [-0.2, 0) is 14.8 Å². The lowest BCUT2D eigenvalue weighted by Crippen LogP contribution is -2.50. The molecule has 1 atom stereocenters. The van der Waals surface area contributed by atoms with Crippen LogP contribution in [0, 0.1) is 5.82 Å². The number of piperazine rings is 1. The van der Waals surface area contributed by atoms with Crippen LogP contribution in [-0.4, -0.2) is 59.3 Å². The third-order valence-electron chi connectivity index (χ3n) is 6.17. The SMILES string of the molecule is C[C@@H](C(=O)N1CCN(c2ccc(S(=O)(=O)Nc3ncns3)cc2)CC1)n1ccc2c(F)cccc21.[HH].[HH]. The molecule has 1 fully saturated rings. The van der Waals surface area contributed by atoms with Crippen molar-refractivity contribution in [1.82, 2.24) is 18.8 Å². The number of nitrogens with one attached hydrogen (secondary N) is 1. The number of hydrogen-bond donors (Lipinski definition) is 1. The second-order valence-corrected chi connectivity index (χ2v) is 10.7. The summed E-state index contributed by atoms with van der Waals surface area (Å²) in [7, 11) is -3.74. The Balaban J connectivity index is 0.00000190. The van der Waals surface area contributed by atoms with E-state index in [1.165, 1.54) is 12.4 Å². The fourth-order valence-electron chi connectivity index (χ4n) is 4.28. The minimum Gasteiger partial charge on any atom is -0.368 e. The maximum Gasteiger partial charge on any atom is 0.263 e. The lowest BCUT2D eigenvalue weighted by Gasteiger charge is -2.37. The van der Waals surface area contributed by atoms with Crippen molar-refractivity contribution in [3.63, 3.8) is 0 Å². The summed E-state index contributed by atoms with van der Waals surface area (Å²) < 4.78 is 47.1. The van der Waals surface area contributed by atoms with E-state index >= 15 is 0 Å². The normalized spacial score (nSPS) is 15.4. The molecule has 1 aliphatic heterocycles. The number of carbonyl (C=O) groups excluding carboxylic acids is 1. The van der Waals surface area contributed by atoms with Crippen molar-refractivity contribution in [2.45, 2.75) is 17.9 Å². The number of nitrogens with zero attached hydrogens (tertiary/aromatic N) is 5. The third-order valence-corrected chi connectivity index (χ3v) is 8.24. The molecule has 1 aliphatic rings. The van der Waals surface area contributed by atoms with Crippen LogP contribution in [0.1, 0.15) is 15.8 Å². The van der Waals surface area contributed by atoms with Crippen LogP contribution in [0.4, 0.5) is 15.2 Å². The van der Waals surface area contributed by atoms with Crippen LogP contribution in [0.2, 0.25) is 0 Å². The summed E-state index contributed by atoms with van der Waals surface area (Å²) >= 11 is 0.965. The first-order valence-electron chi connectivity index (χ1n) is 11.0. The summed E-state index contributed by atoms with van der Waals surface area (Å²) in [6, 6.07) is 12.7. The molecule has 5 rings (SSSR count). The van der Waals surface area contributed by atoms with Gasteiger partial charge in [-0.1, -0.05) is 6.07 Å². The Kier molecular flexibility index (Phi) is 6.15. The smallest absolute Gasteiger partial charge is 0.263 e. The van der Waals surface area contributed by atoms with Gasteiger partial charge in [-0.2, -0.15) is 4.37 Å². The lowest BCUT2D eigenvalue weighted by atomic mass is 10.2. The van der Waals surface area contributed by atoms with E-state index in [1.807, 2.05) is 22.5 Å². The highest BCUT2D eigenvalue weighted by molar-refractivity contribution is 7.93. The molecule has 1 N–H and O–H groups in total. The van der Waals surface area contributed by atoms with Gasteiger partial charge in [-0.05, 0) is 49.4 Å². The Morgan fingerprint density at radius 2 is 1.86 bits per heavy atom. The number of halogens is 1. The highest BCUT2D eigenvalue weighted by atomic mass is 32.2. The zero-order chi connectivity index (χ0) is 24.6. The van der Waals surface area contributed by atoms with Crippen molar-refractivity contribution in [3.05, 3.63) is 66.9 Å². The van der Waals surface area contributed by atoms with Crippen molar-refractivity contribution in [2.24, 2.45) is 0 Å². The molecule has 0 radical (unpaired) electrons. The first kappa shape index (κ1) is 23.2. The molecule has 0 saturated carbocycles. The Bertz CT molecular complexity index is 1460. The molecule has 1 saturated heterocycles. The van der Waals surface area contributed by atoms with Gasteiger partial charge >= 0.3 is 0 Å². The number of amides is 1. The molecule has 0 bridgehead atoms. The van der Waals surface area contributed by atoms with E-state index in [0.29, 0.717) is 37.1 Å². The zero-order valence-electron chi connectivity index (χ0n) is 18.8. The van der Waals surface area contributed by atoms with Crippen molar-refractivity contribution >= 4 is 49.2 Å². The Hall–Kier alpha value is -3.51. The summed E-state index contributed by atoms with van der Waals surface area (Å²) in [6.45, 7) is 4.14. The summed E-state index contributed by atoms with van der Waals surface area (Å²) in [5.74, 6) is -0.320. The maximum atomic E-state index is 14.0. The number of fused-ring (bicyclic) bond motifs is 1. The van der Waals surface area contributed by atoms with E-state index in [2.05, 4.69) is 19.0 Å². The van der Waals surface area contributed by atoms with Crippen LogP contribution in [0.3, 0.4) is 0 Å². The molecule has 12 heteroatoms. The number of aromatic nitrogens is 3. The molecular formula is C23H27FN6O3S2. The van der Waals surface area contributed by atoms with Crippen LogP contribution < -0.4 is 9.62 Å². The van der Waals surface area contributed by atoms with Gasteiger partial charge in [-0.25, -0.2) is 17.8 Å². The van der Waals surface area contributed by atoms with E-state index < -0.39 is 16.1 Å². The van der Waals surface area contributed by atoms with E-state index in [4.69, 9.17) is 0 Å². The molecule has 1 amide bonds. The van der Waals surface area contributed by atoms with Crippen LogP contribution in [0.5, 0.6) is 0 Å². The average Bonchev–Trinajstić information content (AvgIpc) is 3.54. The monoisotopic (exact) mass is 518 g/mol. The molecule has 0 aliphatic carbocycles. The summed E-state index contributed by atoms with van der Waals surface area (Å²) in [5.41, 5.74) is 1.58. The molecule has 0 unspecified atom stereocenters. The average molecular weight is 519 g/mol. The quantitative estimate of drug-likeness (QED) is 0.416. The molecule has 0 spiro atoms. The second kappa shape index (κ2) is 9.27. The molecule has 2 aromatic heterocycles. The first-order chi connectivity index (χ1) is 16.8. The van der Waals surface area contributed by atoms with E-state index in [-0.39, 0.29) is 24.6 Å². The third kappa shape index (κ3) is 4.58. The minimum absolute atomic E-state index is 0. The molecule has 35 heavy (non-hydrogen) atoms. The van der Waals surface area contributed by atoms with Gasteiger partial charge in [-0.15, -0.1) is 0 Å². The van der Waals surface area contributed by atoms with E-state index in [0.717, 1.165) is 17.2 Å². The van der Waals surface area contributed by atoms with Gasteiger partial charge < -0.3 is 14.4 Å². The number of carbonyl (C=O) groups is 1. The van der Waals surface area contributed by atoms with Crippen molar-refractivity contribution < 1.29 is 20.5 Å². The summed E-state index contributed by atoms with van der Waals surface area (Å²) in [6.07, 6.45) is 3.04. The predicted octanol–water partition coefficient (Wildman–Crippen LogP) is 3.83. The summed E-state index contributed by atoms with van der Waals surface area (Å²) in [4.78, 5) is 21.1. The highest BCUT2D eigenvalue weighted by Gasteiger charge is 2.27. The summed E-state index contributed by atoms with van der Waals surface area (Å²) in [5, 5.41) is 0.711. The Labute approximate surface area is 209 Å². The van der Waals surface area contributed by atoms with Crippen LogP contribution >= 0.6 is 11.5 Å². The van der Waals surface area contributed by atoms with Gasteiger partial charge in [0.25, 0.3) is 10.0 Å². The van der Waals surface area contributed by atoms with Crippen molar-refractivity contribution in [1.29, 1.82) is 0 Å². The number of benzene rings is 2. The van der Waals surface area contributed by atoms with Gasteiger partial charge in [0, 0.05) is 57.8 Å². The van der Waals surface area contributed by atoms with Gasteiger partial charge in [0.15, 0.2) is 0 Å². The van der Waals surface area contributed by atoms with Gasteiger partial charge in [-0.3, -0.25) is 9.52 Å². The van der Waals surface area contributed by atoms with Gasteiger partial charge in [0.1, 0.15) is 18.2 Å². The number of anilines is 2. The zero-order valence-corrected chi connectivity index (χ0v) is 20.5. The molecular weight excluding hydrogens is 491 g/mol. The minimum atomic E-state index is -3.74. The standard InChI is InChI=1S/C23H23FN6O3S2.2H2/c1-16(30-10-9-19-20(24)3-2-4-21(19)30)22(31)29-13-11-28(12-14-29)17-5-7-18(8-6-17)35(32,33)27-23-25-15-26-34-23;;/h2-10,15-16H,11-14H2,1H3,(H,25,26,27);2*1H/t16-;;/m0../s1. The predicted molar refractivity (Wildman–Crippen MR) is 137 cm³/mol. The first-order valence-corrected chi connectivity index (χ1v) is 13.3. The Morgan fingerprint density at radius 1 is 1.11 bits per heavy atom. The molecule has 186 valence electrons. The van der Waals surface area contributed by atoms with Crippen molar-refractivity contribution in [2.75, 3.05) is 35.8 Å². The largest absolute Gasteiger partial charge is 0.368 e. The molecule has 2 aromatic carbocycles. The van der Waals surface area contributed by atoms with Gasteiger partial charge in [0.2, 0.25) is 11.0 Å². The molecule has 3 heterocycles. The fraction of sp³-hybridized carbons (Fsp3) is 0.261. The van der Waals surface area contributed by atoms with Crippen LogP contribution in [0.25, 0.3) is 10.9 Å².